The van der Waals surface area contributed by atoms with Gasteiger partial charge >= 0.3 is 6.18 Å². The van der Waals surface area contributed by atoms with Gasteiger partial charge in [0.1, 0.15) is 11.4 Å². The maximum absolute atomic E-state index is 14.0. The van der Waals surface area contributed by atoms with Crippen molar-refractivity contribution in [2.75, 3.05) is 5.75 Å². The molecule has 0 saturated carbocycles. The first-order valence-corrected chi connectivity index (χ1v) is 11.9. The lowest BCUT2D eigenvalue weighted by atomic mass is 10.1. The molecule has 0 atom stereocenters. The zero-order chi connectivity index (χ0) is 25.1. The molecule has 5 rings (SSSR count). The van der Waals surface area contributed by atoms with Crippen molar-refractivity contribution in [3.05, 3.63) is 59.4 Å². The molecule has 180 valence electrons. The third kappa shape index (κ3) is 3.97. The van der Waals surface area contributed by atoms with E-state index in [0.29, 0.717) is 11.8 Å². The Balaban J connectivity index is 1.81. The van der Waals surface area contributed by atoms with Crippen LogP contribution in [0.1, 0.15) is 12.6 Å². The van der Waals surface area contributed by atoms with Crippen molar-refractivity contribution >= 4 is 32.7 Å². The first-order chi connectivity index (χ1) is 16.5. The SMILES string of the molecule is CCS(=O)(=O)c1nn2c(-c3cc(F)cc(Cl)c3)ccnc2c1-c1nc2cnc(C(F)(F)F)cn2n1. The molecule has 9 nitrogen and oxygen atoms in total. The highest BCUT2D eigenvalue weighted by atomic mass is 35.5. The Labute approximate surface area is 199 Å². The fraction of sp³-hybridized carbons (Fsp3) is 0.150. The summed E-state index contributed by atoms with van der Waals surface area (Å²) in [6.45, 7) is 1.40. The van der Waals surface area contributed by atoms with Crippen LogP contribution in [0.25, 0.3) is 33.9 Å². The van der Waals surface area contributed by atoms with E-state index >= 15 is 0 Å². The molecule has 0 fully saturated rings. The van der Waals surface area contributed by atoms with E-state index in [9.17, 15) is 26.0 Å². The normalized spacial score (nSPS) is 12.6. The zero-order valence-corrected chi connectivity index (χ0v) is 19.1. The van der Waals surface area contributed by atoms with Gasteiger partial charge in [0.2, 0.25) is 0 Å². The molecular weight excluding hydrogens is 514 g/mol. The lowest BCUT2D eigenvalue weighted by Gasteiger charge is -2.05. The molecular formula is C20H12ClF4N7O2S. The van der Waals surface area contributed by atoms with Gasteiger partial charge in [-0.15, -0.1) is 5.10 Å². The quantitative estimate of drug-likeness (QED) is 0.325. The van der Waals surface area contributed by atoms with Crippen molar-refractivity contribution in [3.63, 3.8) is 0 Å². The van der Waals surface area contributed by atoms with Gasteiger partial charge < -0.3 is 0 Å². The Hall–Kier alpha value is -3.65. The number of alkyl halides is 3. The topological polar surface area (TPSA) is 107 Å². The molecule has 4 aromatic heterocycles. The van der Waals surface area contributed by atoms with E-state index in [2.05, 4.69) is 25.1 Å². The van der Waals surface area contributed by atoms with E-state index in [1.165, 1.54) is 35.8 Å². The van der Waals surface area contributed by atoms with Crippen LogP contribution in [0.3, 0.4) is 0 Å². The predicted octanol–water partition coefficient (Wildman–Crippen LogP) is 4.11. The molecule has 0 aliphatic rings. The van der Waals surface area contributed by atoms with Gasteiger partial charge in [0, 0.05) is 16.8 Å². The van der Waals surface area contributed by atoms with E-state index in [4.69, 9.17) is 11.6 Å². The van der Waals surface area contributed by atoms with Crippen LogP contribution in [0.2, 0.25) is 5.02 Å². The number of aromatic nitrogens is 7. The monoisotopic (exact) mass is 525 g/mol. The van der Waals surface area contributed by atoms with Crippen molar-refractivity contribution in [2.45, 2.75) is 18.1 Å². The number of nitrogens with zero attached hydrogens (tertiary/aromatic N) is 7. The third-order valence-electron chi connectivity index (χ3n) is 5.05. The molecule has 0 spiro atoms. The van der Waals surface area contributed by atoms with E-state index in [1.54, 1.807) is 0 Å². The van der Waals surface area contributed by atoms with E-state index in [1.807, 2.05) is 0 Å². The molecule has 15 heteroatoms. The van der Waals surface area contributed by atoms with Crippen LogP contribution in [-0.4, -0.2) is 48.4 Å². The number of benzene rings is 1. The number of hydrogen-bond acceptors (Lipinski definition) is 7. The van der Waals surface area contributed by atoms with Crippen molar-refractivity contribution < 1.29 is 26.0 Å². The van der Waals surface area contributed by atoms with Crippen molar-refractivity contribution in [1.82, 2.24) is 34.2 Å². The van der Waals surface area contributed by atoms with Crippen LogP contribution >= 0.6 is 11.6 Å². The highest BCUT2D eigenvalue weighted by Crippen LogP contribution is 2.33. The number of halogens is 5. The molecule has 0 N–H and O–H groups in total. The van der Waals surface area contributed by atoms with Crippen LogP contribution in [0.15, 0.2) is 47.9 Å². The number of rotatable bonds is 4. The zero-order valence-electron chi connectivity index (χ0n) is 17.5. The summed E-state index contributed by atoms with van der Waals surface area (Å²) in [5.74, 6) is -1.19. The molecule has 35 heavy (non-hydrogen) atoms. The number of hydrogen-bond donors (Lipinski definition) is 0. The second kappa shape index (κ2) is 7.95. The second-order valence-corrected chi connectivity index (χ2v) is 9.95. The van der Waals surface area contributed by atoms with Gasteiger partial charge in [-0.1, -0.05) is 18.5 Å². The molecule has 4 heterocycles. The molecule has 0 saturated heterocycles. The predicted molar refractivity (Wildman–Crippen MR) is 116 cm³/mol. The third-order valence-corrected chi connectivity index (χ3v) is 6.91. The summed E-state index contributed by atoms with van der Waals surface area (Å²) in [7, 11) is -3.98. The van der Waals surface area contributed by atoms with Crippen LogP contribution in [0.4, 0.5) is 17.6 Å². The molecule has 0 aliphatic carbocycles. The first kappa shape index (κ1) is 23.1. The van der Waals surface area contributed by atoms with Gasteiger partial charge in [-0.3, -0.25) is 0 Å². The summed E-state index contributed by atoms with van der Waals surface area (Å²) >= 11 is 5.98. The fourth-order valence-electron chi connectivity index (χ4n) is 3.44. The van der Waals surface area contributed by atoms with Gasteiger partial charge in [-0.2, -0.15) is 18.3 Å². The van der Waals surface area contributed by atoms with Gasteiger partial charge in [0.15, 0.2) is 37.7 Å². The Bertz CT molecular complexity index is 1710. The molecule has 1 aromatic carbocycles. The first-order valence-electron chi connectivity index (χ1n) is 9.85. The minimum Gasteiger partial charge on any atom is -0.246 e. The largest absolute Gasteiger partial charge is 0.434 e. The maximum atomic E-state index is 14.0. The summed E-state index contributed by atoms with van der Waals surface area (Å²) < 4.78 is 81.1. The summed E-state index contributed by atoms with van der Waals surface area (Å²) in [5.41, 5.74) is -0.825. The molecule has 0 amide bonds. The van der Waals surface area contributed by atoms with Crippen LogP contribution in [0.5, 0.6) is 0 Å². The van der Waals surface area contributed by atoms with Crippen LogP contribution in [-0.2, 0) is 16.0 Å². The van der Waals surface area contributed by atoms with E-state index in [-0.39, 0.29) is 39.2 Å². The minimum atomic E-state index is -4.72. The Kier molecular flexibility index (Phi) is 5.25. The Morgan fingerprint density at radius 3 is 2.57 bits per heavy atom. The van der Waals surface area contributed by atoms with Gasteiger partial charge in [0.25, 0.3) is 0 Å². The Morgan fingerprint density at radius 2 is 1.89 bits per heavy atom. The molecule has 0 aliphatic heterocycles. The molecule has 0 unspecified atom stereocenters. The lowest BCUT2D eigenvalue weighted by molar-refractivity contribution is -0.141. The lowest BCUT2D eigenvalue weighted by Crippen LogP contribution is -2.09. The molecule has 5 aromatic rings. The van der Waals surface area contributed by atoms with Crippen molar-refractivity contribution in [2.24, 2.45) is 0 Å². The van der Waals surface area contributed by atoms with E-state index in [0.717, 1.165) is 16.8 Å². The maximum Gasteiger partial charge on any atom is 0.434 e. The standard InChI is InChI=1S/C20H12ClF4N7O2S/c1-2-35(33,34)19-16(17-28-15-8-27-14(20(23,24)25)9-31(15)29-17)18-26-4-3-13(32(18)30-19)10-5-11(21)7-12(22)6-10/h3-9H,2H2,1H3. The summed E-state index contributed by atoms with van der Waals surface area (Å²) in [4.78, 5) is 11.7. The minimum absolute atomic E-state index is 0.00480. The van der Waals surface area contributed by atoms with Gasteiger partial charge in [-0.25, -0.2) is 36.8 Å². The average molecular weight is 526 g/mol. The average Bonchev–Trinajstić information content (AvgIpc) is 3.38. The summed E-state index contributed by atoms with van der Waals surface area (Å²) in [5, 5.41) is 7.93. The van der Waals surface area contributed by atoms with Gasteiger partial charge in [0.05, 0.1) is 23.8 Å². The highest BCUT2D eigenvalue weighted by molar-refractivity contribution is 7.91. The van der Waals surface area contributed by atoms with Crippen LogP contribution < -0.4 is 0 Å². The second-order valence-electron chi connectivity index (χ2n) is 7.32. The van der Waals surface area contributed by atoms with Crippen molar-refractivity contribution in [3.8, 4) is 22.6 Å². The smallest absolute Gasteiger partial charge is 0.246 e. The molecule has 0 radical (unpaired) electrons. The summed E-state index contributed by atoms with van der Waals surface area (Å²) in [6.07, 6.45) is -1.87. The van der Waals surface area contributed by atoms with E-state index < -0.39 is 32.6 Å². The highest BCUT2D eigenvalue weighted by Gasteiger charge is 2.34. The van der Waals surface area contributed by atoms with Crippen molar-refractivity contribution in [1.29, 1.82) is 0 Å². The Morgan fingerprint density at radius 1 is 1.11 bits per heavy atom. The summed E-state index contributed by atoms with van der Waals surface area (Å²) in [6, 6.07) is 5.23. The fourth-order valence-corrected chi connectivity index (χ4v) is 4.64. The number of fused-ring (bicyclic) bond motifs is 2. The van der Waals surface area contributed by atoms with Crippen LogP contribution in [0, 0.1) is 5.82 Å². The van der Waals surface area contributed by atoms with Gasteiger partial charge in [-0.05, 0) is 24.3 Å². The molecule has 0 bridgehead atoms. The number of sulfone groups is 1.